The maximum absolute atomic E-state index is 4.66. The normalized spacial score (nSPS) is 20.8. The minimum absolute atomic E-state index is 0.724. The topological polar surface area (TPSA) is 12.9 Å². The molecule has 2 aromatic rings. The van der Waals surface area contributed by atoms with Crippen LogP contribution in [0.3, 0.4) is 0 Å². The van der Waals surface area contributed by atoms with E-state index < -0.39 is 0 Å². The average Bonchev–Trinajstić information content (AvgIpc) is 2.68. The standard InChI is InChI=1S/C24H31N/c1-2-3-5-8-21-11-14-22(15-12-21)23-16-18-24(25-19-23)17-13-20-9-6-4-7-10-20/h4,6-7,9-10,13,16-19,21-22H,2-3,5,8,11-12,14-15H2,1H3/b17-13+. The lowest BCUT2D eigenvalue weighted by Gasteiger charge is -2.28. The van der Waals surface area contributed by atoms with Gasteiger partial charge in [-0.15, -0.1) is 0 Å². The summed E-state index contributed by atoms with van der Waals surface area (Å²) in [6.45, 7) is 2.29. The molecule has 1 aromatic heterocycles. The minimum atomic E-state index is 0.724. The van der Waals surface area contributed by atoms with Gasteiger partial charge in [-0.25, -0.2) is 0 Å². The van der Waals surface area contributed by atoms with Crippen LogP contribution in [-0.2, 0) is 0 Å². The molecule has 132 valence electrons. The fraction of sp³-hybridized carbons (Fsp3) is 0.458. The van der Waals surface area contributed by atoms with Crippen LogP contribution >= 0.6 is 0 Å². The Morgan fingerprint density at radius 1 is 0.920 bits per heavy atom. The van der Waals surface area contributed by atoms with Crippen molar-refractivity contribution in [3.63, 3.8) is 0 Å². The summed E-state index contributed by atoms with van der Waals surface area (Å²) >= 11 is 0. The number of aromatic nitrogens is 1. The smallest absolute Gasteiger partial charge is 0.0630 e. The molecule has 1 nitrogen and oxygen atoms in total. The summed E-state index contributed by atoms with van der Waals surface area (Å²) in [4.78, 5) is 4.66. The molecule has 0 saturated heterocycles. The van der Waals surface area contributed by atoms with Crippen LogP contribution in [0.4, 0.5) is 0 Å². The van der Waals surface area contributed by atoms with Crippen LogP contribution in [0.5, 0.6) is 0 Å². The molecule has 0 N–H and O–H groups in total. The Balaban J connectivity index is 1.50. The van der Waals surface area contributed by atoms with Gasteiger partial charge in [-0.2, -0.15) is 0 Å². The number of rotatable bonds is 7. The highest BCUT2D eigenvalue weighted by molar-refractivity contribution is 5.67. The third kappa shape index (κ3) is 5.56. The molecule has 3 rings (SSSR count). The number of pyridine rings is 1. The summed E-state index contributed by atoms with van der Waals surface area (Å²) < 4.78 is 0. The van der Waals surface area contributed by atoms with Gasteiger partial charge < -0.3 is 0 Å². The molecule has 1 aromatic carbocycles. The predicted octanol–water partition coefficient (Wildman–Crippen LogP) is 7.11. The zero-order valence-electron chi connectivity index (χ0n) is 15.5. The maximum Gasteiger partial charge on any atom is 0.0630 e. The lowest BCUT2D eigenvalue weighted by Crippen LogP contribution is -2.13. The van der Waals surface area contributed by atoms with Crippen molar-refractivity contribution in [2.24, 2.45) is 5.92 Å². The monoisotopic (exact) mass is 333 g/mol. The average molecular weight is 334 g/mol. The molecule has 0 amide bonds. The summed E-state index contributed by atoms with van der Waals surface area (Å²) in [5.74, 6) is 1.70. The van der Waals surface area contributed by atoms with Gasteiger partial charge in [0.1, 0.15) is 0 Å². The van der Waals surface area contributed by atoms with Gasteiger partial charge in [0, 0.05) is 6.20 Å². The number of unbranched alkanes of at least 4 members (excludes halogenated alkanes) is 2. The van der Waals surface area contributed by atoms with E-state index in [1.807, 2.05) is 6.07 Å². The SMILES string of the molecule is CCCCCC1CCC(c2ccc(/C=C/c3ccccc3)nc2)CC1. The quantitative estimate of drug-likeness (QED) is 0.492. The Labute approximate surface area is 153 Å². The first-order valence-corrected chi connectivity index (χ1v) is 10.0. The summed E-state index contributed by atoms with van der Waals surface area (Å²) in [6, 6.07) is 14.9. The van der Waals surface area contributed by atoms with E-state index in [0.29, 0.717) is 0 Å². The second kappa shape index (κ2) is 9.56. The molecule has 0 unspecified atom stereocenters. The lowest BCUT2D eigenvalue weighted by molar-refractivity contribution is 0.302. The van der Waals surface area contributed by atoms with Crippen molar-refractivity contribution in [1.29, 1.82) is 0 Å². The fourth-order valence-corrected chi connectivity index (χ4v) is 3.97. The Kier molecular flexibility index (Phi) is 6.85. The van der Waals surface area contributed by atoms with E-state index in [2.05, 4.69) is 66.7 Å². The van der Waals surface area contributed by atoms with E-state index in [0.717, 1.165) is 17.5 Å². The highest BCUT2D eigenvalue weighted by Gasteiger charge is 2.22. The fourth-order valence-electron chi connectivity index (χ4n) is 3.97. The minimum Gasteiger partial charge on any atom is -0.257 e. The highest BCUT2D eigenvalue weighted by atomic mass is 14.7. The number of benzene rings is 1. The molecular weight excluding hydrogens is 302 g/mol. The molecule has 0 bridgehead atoms. The summed E-state index contributed by atoms with van der Waals surface area (Å²) in [7, 11) is 0. The second-order valence-electron chi connectivity index (χ2n) is 7.47. The van der Waals surface area contributed by atoms with Gasteiger partial charge in [-0.1, -0.05) is 75.1 Å². The predicted molar refractivity (Wildman–Crippen MR) is 108 cm³/mol. The van der Waals surface area contributed by atoms with Gasteiger partial charge in [-0.3, -0.25) is 4.98 Å². The largest absolute Gasteiger partial charge is 0.257 e. The molecule has 0 radical (unpaired) electrons. The lowest BCUT2D eigenvalue weighted by atomic mass is 9.77. The van der Waals surface area contributed by atoms with Crippen molar-refractivity contribution in [2.45, 2.75) is 64.2 Å². The number of hydrogen-bond donors (Lipinski definition) is 0. The Morgan fingerprint density at radius 2 is 1.72 bits per heavy atom. The Bertz CT molecular complexity index is 634. The third-order valence-corrected chi connectivity index (χ3v) is 5.59. The molecule has 1 fully saturated rings. The van der Waals surface area contributed by atoms with E-state index in [1.54, 1.807) is 0 Å². The summed E-state index contributed by atoms with van der Waals surface area (Å²) in [5.41, 5.74) is 3.69. The van der Waals surface area contributed by atoms with Crippen LogP contribution in [0.2, 0.25) is 0 Å². The second-order valence-corrected chi connectivity index (χ2v) is 7.47. The van der Waals surface area contributed by atoms with Gasteiger partial charge >= 0.3 is 0 Å². The van der Waals surface area contributed by atoms with Crippen LogP contribution in [0.25, 0.3) is 12.2 Å². The van der Waals surface area contributed by atoms with Crippen LogP contribution in [0, 0.1) is 5.92 Å². The van der Waals surface area contributed by atoms with Crippen LogP contribution in [-0.4, -0.2) is 4.98 Å². The summed E-state index contributed by atoms with van der Waals surface area (Å²) in [6.07, 6.45) is 17.5. The van der Waals surface area contributed by atoms with E-state index in [1.165, 1.54) is 62.5 Å². The van der Waals surface area contributed by atoms with Crippen molar-refractivity contribution in [3.05, 3.63) is 65.5 Å². The summed E-state index contributed by atoms with van der Waals surface area (Å²) in [5, 5.41) is 0. The van der Waals surface area contributed by atoms with Gasteiger partial charge in [0.15, 0.2) is 0 Å². The van der Waals surface area contributed by atoms with Crippen LogP contribution in [0.1, 0.15) is 81.0 Å². The maximum atomic E-state index is 4.66. The third-order valence-electron chi connectivity index (χ3n) is 5.59. The van der Waals surface area contributed by atoms with Crippen molar-refractivity contribution in [1.82, 2.24) is 4.98 Å². The zero-order valence-corrected chi connectivity index (χ0v) is 15.5. The molecule has 0 spiro atoms. The number of hydrogen-bond acceptors (Lipinski definition) is 1. The van der Waals surface area contributed by atoms with E-state index in [9.17, 15) is 0 Å². The van der Waals surface area contributed by atoms with Crippen LogP contribution in [0.15, 0.2) is 48.7 Å². The Hall–Kier alpha value is -1.89. The molecule has 1 aliphatic rings. The van der Waals surface area contributed by atoms with Crippen molar-refractivity contribution in [2.75, 3.05) is 0 Å². The molecule has 1 heteroatoms. The highest BCUT2D eigenvalue weighted by Crippen LogP contribution is 2.37. The first kappa shape index (κ1) is 17.9. The number of nitrogens with zero attached hydrogens (tertiary/aromatic N) is 1. The first-order chi connectivity index (χ1) is 12.3. The van der Waals surface area contributed by atoms with Crippen LogP contribution < -0.4 is 0 Å². The molecule has 1 saturated carbocycles. The molecule has 1 aliphatic carbocycles. The molecule has 0 atom stereocenters. The van der Waals surface area contributed by atoms with Gasteiger partial charge in [0.2, 0.25) is 0 Å². The van der Waals surface area contributed by atoms with E-state index >= 15 is 0 Å². The zero-order chi connectivity index (χ0) is 17.3. The molecule has 1 heterocycles. The van der Waals surface area contributed by atoms with E-state index in [-0.39, 0.29) is 0 Å². The molecule has 0 aliphatic heterocycles. The van der Waals surface area contributed by atoms with Crippen molar-refractivity contribution >= 4 is 12.2 Å². The molecular formula is C24H31N. The van der Waals surface area contributed by atoms with Crippen molar-refractivity contribution < 1.29 is 0 Å². The molecule has 25 heavy (non-hydrogen) atoms. The van der Waals surface area contributed by atoms with E-state index in [4.69, 9.17) is 0 Å². The first-order valence-electron chi connectivity index (χ1n) is 10.0. The van der Waals surface area contributed by atoms with Crippen molar-refractivity contribution in [3.8, 4) is 0 Å². The van der Waals surface area contributed by atoms with Gasteiger partial charge in [0.05, 0.1) is 5.69 Å². The van der Waals surface area contributed by atoms with Gasteiger partial charge in [0.25, 0.3) is 0 Å². The Morgan fingerprint density at radius 3 is 2.40 bits per heavy atom. The van der Waals surface area contributed by atoms with Gasteiger partial charge in [-0.05, 0) is 60.8 Å².